The largest absolute Gasteiger partial charge is 0.497 e. The predicted molar refractivity (Wildman–Crippen MR) is 124 cm³/mol. The third-order valence-electron chi connectivity index (χ3n) is 5.96. The lowest BCUT2D eigenvalue weighted by molar-refractivity contribution is -0.126. The lowest BCUT2D eigenvalue weighted by Crippen LogP contribution is -2.43. The van der Waals surface area contributed by atoms with Crippen molar-refractivity contribution in [3.63, 3.8) is 0 Å². The number of benzene rings is 2. The van der Waals surface area contributed by atoms with E-state index >= 15 is 0 Å². The fourth-order valence-electron chi connectivity index (χ4n) is 4.11. The molecule has 2 aromatic rings. The quantitative estimate of drug-likeness (QED) is 0.654. The Morgan fingerprint density at radius 3 is 2.41 bits per heavy atom. The number of aryl methyl sites for hydroxylation is 2. The number of methoxy groups -OCH3 is 2. The van der Waals surface area contributed by atoms with Crippen molar-refractivity contribution in [1.29, 1.82) is 0 Å². The number of amides is 1. The van der Waals surface area contributed by atoms with Gasteiger partial charge in [-0.2, -0.15) is 4.31 Å². The fourth-order valence-corrected chi connectivity index (χ4v) is 5.78. The molecule has 0 saturated carbocycles. The summed E-state index contributed by atoms with van der Waals surface area (Å²) in [5.41, 5.74) is 2.77. The van der Waals surface area contributed by atoms with Gasteiger partial charge >= 0.3 is 0 Å². The van der Waals surface area contributed by atoms with Crippen molar-refractivity contribution >= 4 is 15.9 Å². The van der Waals surface area contributed by atoms with Crippen LogP contribution in [-0.2, 0) is 21.2 Å². The van der Waals surface area contributed by atoms with Crippen molar-refractivity contribution in [3.05, 3.63) is 53.1 Å². The summed E-state index contributed by atoms with van der Waals surface area (Å²) in [6.45, 7) is 4.94. The van der Waals surface area contributed by atoms with Crippen LogP contribution in [0.15, 0.2) is 41.3 Å². The Morgan fingerprint density at radius 1 is 1.06 bits per heavy atom. The second-order valence-corrected chi connectivity index (χ2v) is 10.1. The van der Waals surface area contributed by atoms with Crippen LogP contribution in [0.5, 0.6) is 11.5 Å². The standard InChI is InChI=1S/C24H32N2O5S/c1-17-5-8-23(18(2)15-17)32(28,29)26-13-10-20(11-14-26)24(27)25-12-9-19-6-7-21(30-3)16-22(19)31-4/h5-8,15-16,20H,9-14H2,1-4H3,(H,25,27). The number of ether oxygens (including phenoxy) is 2. The third kappa shape index (κ3) is 5.42. The minimum absolute atomic E-state index is 0.0268. The first-order chi connectivity index (χ1) is 15.3. The summed E-state index contributed by atoms with van der Waals surface area (Å²) in [5.74, 6) is 1.24. The maximum atomic E-state index is 13.0. The van der Waals surface area contributed by atoms with Gasteiger partial charge in [0.25, 0.3) is 0 Å². The van der Waals surface area contributed by atoms with Gasteiger partial charge in [0.15, 0.2) is 0 Å². The van der Waals surface area contributed by atoms with E-state index in [0.29, 0.717) is 43.8 Å². The molecule has 3 rings (SSSR count). The first-order valence-corrected chi connectivity index (χ1v) is 12.3. The molecule has 0 aromatic heterocycles. The zero-order chi connectivity index (χ0) is 23.3. The molecule has 0 aliphatic carbocycles. The van der Waals surface area contributed by atoms with Crippen LogP contribution in [0.3, 0.4) is 0 Å². The molecule has 0 atom stereocenters. The summed E-state index contributed by atoms with van der Waals surface area (Å²) < 4.78 is 38.2. The minimum Gasteiger partial charge on any atom is -0.497 e. The molecule has 0 bridgehead atoms. The summed E-state index contributed by atoms with van der Waals surface area (Å²) in [7, 11) is -0.335. The smallest absolute Gasteiger partial charge is 0.243 e. The van der Waals surface area contributed by atoms with E-state index in [4.69, 9.17) is 9.47 Å². The van der Waals surface area contributed by atoms with Gasteiger partial charge in [0.1, 0.15) is 11.5 Å². The molecule has 32 heavy (non-hydrogen) atoms. The van der Waals surface area contributed by atoms with Gasteiger partial charge in [0.05, 0.1) is 19.1 Å². The molecule has 0 radical (unpaired) electrons. The predicted octanol–water partition coefficient (Wildman–Crippen LogP) is 3.08. The normalized spacial score (nSPS) is 15.4. The summed E-state index contributed by atoms with van der Waals surface area (Å²) in [6, 6.07) is 11.0. The van der Waals surface area contributed by atoms with Crippen LogP contribution in [-0.4, -0.2) is 52.5 Å². The fraction of sp³-hybridized carbons (Fsp3) is 0.458. The van der Waals surface area contributed by atoms with Gasteiger partial charge in [0.2, 0.25) is 15.9 Å². The summed E-state index contributed by atoms with van der Waals surface area (Å²) >= 11 is 0. The highest BCUT2D eigenvalue weighted by Crippen LogP contribution is 2.27. The van der Waals surface area contributed by atoms with Crippen molar-refractivity contribution in [2.75, 3.05) is 33.9 Å². The number of sulfonamides is 1. The molecule has 1 fully saturated rings. The number of carbonyl (C=O) groups is 1. The minimum atomic E-state index is -3.55. The van der Waals surface area contributed by atoms with E-state index in [1.807, 2.05) is 44.2 Å². The molecule has 1 saturated heterocycles. The molecular formula is C24H32N2O5S. The molecule has 174 valence electrons. The number of piperidine rings is 1. The average Bonchev–Trinajstić information content (AvgIpc) is 2.79. The Kier molecular flexibility index (Phi) is 7.79. The second kappa shape index (κ2) is 10.4. The number of rotatable bonds is 8. The van der Waals surface area contributed by atoms with Crippen LogP contribution < -0.4 is 14.8 Å². The lowest BCUT2D eigenvalue weighted by atomic mass is 9.97. The van der Waals surface area contributed by atoms with E-state index in [1.165, 1.54) is 4.31 Å². The van der Waals surface area contributed by atoms with Crippen molar-refractivity contribution < 1.29 is 22.7 Å². The van der Waals surface area contributed by atoms with E-state index < -0.39 is 10.0 Å². The topological polar surface area (TPSA) is 84.9 Å². The van der Waals surface area contributed by atoms with E-state index in [2.05, 4.69) is 5.32 Å². The second-order valence-electron chi connectivity index (χ2n) is 8.17. The maximum absolute atomic E-state index is 13.0. The first kappa shape index (κ1) is 24.1. The Labute approximate surface area is 190 Å². The molecule has 0 spiro atoms. The van der Waals surface area contributed by atoms with Gasteiger partial charge in [-0.05, 0) is 56.4 Å². The van der Waals surface area contributed by atoms with Gasteiger partial charge in [-0.25, -0.2) is 8.42 Å². The number of carbonyl (C=O) groups excluding carboxylic acids is 1. The summed E-state index contributed by atoms with van der Waals surface area (Å²) in [4.78, 5) is 13.0. The average molecular weight is 461 g/mol. The molecule has 1 aliphatic heterocycles. The Balaban J connectivity index is 1.52. The third-order valence-corrected chi connectivity index (χ3v) is 8.02. The highest BCUT2D eigenvalue weighted by atomic mass is 32.2. The van der Waals surface area contributed by atoms with Crippen molar-refractivity contribution in [1.82, 2.24) is 9.62 Å². The van der Waals surface area contributed by atoms with E-state index in [0.717, 1.165) is 28.2 Å². The van der Waals surface area contributed by atoms with Gasteiger partial charge in [-0.15, -0.1) is 0 Å². The van der Waals surface area contributed by atoms with Crippen LogP contribution in [0.25, 0.3) is 0 Å². The van der Waals surface area contributed by atoms with Crippen LogP contribution in [0.1, 0.15) is 29.5 Å². The lowest BCUT2D eigenvalue weighted by Gasteiger charge is -2.31. The summed E-state index contributed by atoms with van der Waals surface area (Å²) in [5, 5.41) is 2.99. The first-order valence-electron chi connectivity index (χ1n) is 10.8. The van der Waals surface area contributed by atoms with Gasteiger partial charge in [-0.3, -0.25) is 4.79 Å². The van der Waals surface area contributed by atoms with Gasteiger partial charge in [0, 0.05) is 31.6 Å². The zero-order valence-corrected chi connectivity index (χ0v) is 20.0. The van der Waals surface area contributed by atoms with Gasteiger partial charge < -0.3 is 14.8 Å². The maximum Gasteiger partial charge on any atom is 0.243 e. The van der Waals surface area contributed by atoms with Crippen molar-refractivity contribution in [2.45, 2.75) is 38.0 Å². The Hall–Kier alpha value is -2.58. The number of hydrogen-bond donors (Lipinski definition) is 1. The molecule has 1 amide bonds. The Bertz CT molecular complexity index is 1060. The Morgan fingerprint density at radius 2 is 1.78 bits per heavy atom. The molecule has 7 nitrogen and oxygen atoms in total. The van der Waals surface area contributed by atoms with E-state index in [-0.39, 0.29) is 11.8 Å². The number of nitrogens with zero attached hydrogens (tertiary/aromatic N) is 1. The van der Waals surface area contributed by atoms with Gasteiger partial charge in [-0.1, -0.05) is 23.8 Å². The van der Waals surface area contributed by atoms with E-state index in [9.17, 15) is 13.2 Å². The van der Waals surface area contributed by atoms with Crippen LogP contribution in [0, 0.1) is 19.8 Å². The monoisotopic (exact) mass is 460 g/mol. The van der Waals surface area contributed by atoms with E-state index in [1.54, 1.807) is 20.3 Å². The molecule has 1 heterocycles. The van der Waals surface area contributed by atoms with Crippen LogP contribution >= 0.6 is 0 Å². The highest BCUT2D eigenvalue weighted by Gasteiger charge is 2.32. The number of nitrogens with one attached hydrogen (secondary N) is 1. The van der Waals surface area contributed by atoms with Crippen molar-refractivity contribution in [3.8, 4) is 11.5 Å². The summed E-state index contributed by atoms with van der Waals surface area (Å²) in [6.07, 6.45) is 1.67. The highest BCUT2D eigenvalue weighted by molar-refractivity contribution is 7.89. The molecule has 0 unspecified atom stereocenters. The molecule has 8 heteroatoms. The zero-order valence-electron chi connectivity index (χ0n) is 19.2. The van der Waals surface area contributed by atoms with Crippen LogP contribution in [0.4, 0.5) is 0 Å². The molecule has 1 N–H and O–H groups in total. The molecular weight excluding hydrogens is 428 g/mol. The number of hydrogen-bond acceptors (Lipinski definition) is 5. The SMILES string of the molecule is COc1ccc(CCNC(=O)C2CCN(S(=O)(=O)c3ccc(C)cc3C)CC2)c(OC)c1. The molecule has 2 aromatic carbocycles. The van der Waals surface area contributed by atoms with Crippen LogP contribution in [0.2, 0.25) is 0 Å². The van der Waals surface area contributed by atoms with Crippen molar-refractivity contribution in [2.24, 2.45) is 5.92 Å². The molecule has 1 aliphatic rings.